The Morgan fingerprint density at radius 2 is 2.00 bits per heavy atom. The first-order valence-electron chi connectivity index (χ1n) is 6.91. The van der Waals surface area contributed by atoms with Gasteiger partial charge in [0.2, 0.25) is 0 Å². The topological polar surface area (TPSA) is 43.8 Å². The van der Waals surface area contributed by atoms with Crippen LogP contribution < -0.4 is 5.73 Å². The standard InChI is InChI=1S/C16H23N3/c1-12(2)8-14(9-17)19-11-18-10-16(19)15-7-5-4-6-13(15)3/h4-7,10-12,14H,8-9,17H2,1-3H3. The second-order valence-electron chi connectivity index (χ2n) is 5.52. The van der Waals surface area contributed by atoms with Crippen LogP contribution in [0.25, 0.3) is 11.3 Å². The van der Waals surface area contributed by atoms with Gasteiger partial charge >= 0.3 is 0 Å². The van der Waals surface area contributed by atoms with E-state index in [0.717, 1.165) is 12.1 Å². The van der Waals surface area contributed by atoms with E-state index in [0.29, 0.717) is 18.5 Å². The third-order valence-corrected chi connectivity index (χ3v) is 3.50. The molecule has 1 unspecified atom stereocenters. The van der Waals surface area contributed by atoms with Gasteiger partial charge in [-0.2, -0.15) is 0 Å². The molecule has 0 bridgehead atoms. The predicted molar refractivity (Wildman–Crippen MR) is 79.9 cm³/mol. The fraction of sp³-hybridized carbons (Fsp3) is 0.438. The Labute approximate surface area is 115 Å². The number of hydrogen-bond donors (Lipinski definition) is 1. The summed E-state index contributed by atoms with van der Waals surface area (Å²) >= 11 is 0. The molecule has 102 valence electrons. The number of nitrogens with zero attached hydrogens (tertiary/aromatic N) is 2. The van der Waals surface area contributed by atoms with Gasteiger partial charge in [0.15, 0.2) is 0 Å². The number of imidazole rings is 1. The highest BCUT2D eigenvalue weighted by molar-refractivity contribution is 5.63. The average Bonchev–Trinajstić information content (AvgIpc) is 2.85. The van der Waals surface area contributed by atoms with Crippen molar-refractivity contribution in [3.63, 3.8) is 0 Å². The van der Waals surface area contributed by atoms with Gasteiger partial charge in [0.1, 0.15) is 0 Å². The van der Waals surface area contributed by atoms with Gasteiger partial charge in [0.25, 0.3) is 0 Å². The molecule has 0 aliphatic carbocycles. The van der Waals surface area contributed by atoms with Gasteiger partial charge in [-0.3, -0.25) is 0 Å². The SMILES string of the molecule is Cc1ccccc1-c1cncn1C(CN)CC(C)C. The van der Waals surface area contributed by atoms with E-state index >= 15 is 0 Å². The zero-order chi connectivity index (χ0) is 13.8. The molecule has 1 heterocycles. The van der Waals surface area contributed by atoms with E-state index in [1.807, 2.05) is 12.5 Å². The molecular formula is C16H23N3. The summed E-state index contributed by atoms with van der Waals surface area (Å²) < 4.78 is 2.22. The first kappa shape index (κ1) is 13.8. The minimum Gasteiger partial charge on any atom is -0.328 e. The molecule has 19 heavy (non-hydrogen) atoms. The zero-order valence-corrected chi connectivity index (χ0v) is 12.0. The number of aromatic nitrogens is 2. The quantitative estimate of drug-likeness (QED) is 0.892. The van der Waals surface area contributed by atoms with Crippen LogP contribution in [0.1, 0.15) is 31.9 Å². The highest BCUT2D eigenvalue weighted by Gasteiger charge is 2.16. The molecule has 0 aliphatic rings. The lowest BCUT2D eigenvalue weighted by molar-refractivity contribution is 0.409. The Morgan fingerprint density at radius 3 is 2.63 bits per heavy atom. The molecule has 2 N–H and O–H groups in total. The van der Waals surface area contributed by atoms with Crippen LogP contribution in [0.4, 0.5) is 0 Å². The Balaban J connectivity index is 2.39. The molecule has 3 heteroatoms. The molecule has 3 nitrogen and oxygen atoms in total. The number of nitrogens with two attached hydrogens (primary N) is 1. The van der Waals surface area contributed by atoms with Gasteiger partial charge in [-0.15, -0.1) is 0 Å². The van der Waals surface area contributed by atoms with Crippen molar-refractivity contribution in [1.82, 2.24) is 9.55 Å². The van der Waals surface area contributed by atoms with Crippen LogP contribution in [0.2, 0.25) is 0 Å². The summed E-state index contributed by atoms with van der Waals surface area (Å²) in [6.07, 6.45) is 4.92. The van der Waals surface area contributed by atoms with Crippen LogP contribution in [0.5, 0.6) is 0 Å². The Morgan fingerprint density at radius 1 is 1.26 bits per heavy atom. The molecule has 0 saturated carbocycles. The molecule has 0 spiro atoms. The summed E-state index contributed by atoms with van der Waals surface area (Å²) in [6.45, 7) is 7.24. The van der Waals surface area contributed by atoms with Crippen LogP contribution in [0, 0.1) is 12.8 Å². The predicted octanol–water partition coefficient (Wildman–Crippen LogP) is 3.40. The number of benzene rings is 1. The van der Waals surface area contributed by atoms with Crippen molar-refractivity contribution in [1.29, 1.82) is 0 Å². The molecule has 0 fully saturated rings. The van der Waals surface area contributed by atoms with E-state index in [1.165, 1.54) is 11.1 Å². The van der Waals surface area contributed by atoms with Crippen LogP contribution in [-0.4, -0.2) is 16.1 Å². The molecular weight excluding hydrogens is 234 g/mol. The van der Waals surface area contributed by atoms with Crippen molar-refractivity contribution >= 4 is 0 Å². The number of aryl methyl sites for hydroxylation is 1. The first-order chi connectivity index (χ1) is 9.13. The maximum absolute atomic E-state index is 5.95. The largest absolute Gasteiger partial charge is 0.328 e. The van der Waals surface area contributed by atoms with Gasteiger partial charge < -0.3 is 10.3 Å². The number of rotatable bonds is 5. The molecule has 1 atom stereocenters. The highest BCUT2D eigenvalue weighted by Crippen LogP contribution is 2.27. The zero-order valence-electron chi connectivity index (χ0n) is 12.0. The Kier molecular flexibility index (Phi) is 4.38. The van der Waals surface area contributed by atoms with E-state index in [2.05, 4.69) is 54.6 Å². The van der Waals surface area contributed by atoms with Gasteiger partial charge in [-0.1, -0.05) is 38.1 Å². The molecule has 2 rings (SSSR count). The lowest BCUT2D eigenvalue weighted by Crippen LogP contribution is -2.21. The van der Waals surface area contributed by atoms with Crippen molar-refractivity contribution in [3.05, 3.63) is 42.4 Å². The molecule has 0 amide bonds. The lowest BCUT2D eigenvalue weighted by atomic mass is 10.0. The summed E-state index contributed by atoms with van der Waals surface area (Å²) in [6, 6.07) is 8.73. The minimum absolute atomic E-state index is 0.317. The molecule has 0 radical (unpaired) electrons. The molecule has 1 aromatic heterocycles. The summed E-state index contributed by atoms with van der Waals surface area (Å²) in [5, 5.41) is 0. The molecule has 0 saturated heterocycles. The summed E-state index contributed by atoms with van der Waals surface area (Å²) in [5.41, 5.74) is 9.62. The van der Waals surface area contributed by atoms with Crippen LogP contribution >= 0.6 is 0 Å². The third-order valence-electron chi connectivity index (χ3n) is 3.50. The molecule has 0 aliphatic heterocycles. The van der Waals surface area contributed by atoms with Crippen LogP contribution in [-0.2, 0) is 0 Å². The van der Waals surface area contributed by atoms with Gasteiger partial charge in [-0.25, -0.2) is 4.98 Å². The third kappa shape index (κ3) is 3.04. The lowest BCUT2D eigenvalue weighted by Gasteiger charge is -2.21. The van der Waals surface area contributed by atoms with E-state index in [4.69, 9.17) is 5.73 Å². The average molecular weight is 257 g/mol. The minimum atomic E-state index is 0.317. The van der Waals surface area contributed by atoms with Gasteiger partial charge in [-0.05, 0) is 24.8 Å². The smallest absolute Gasteiger partial charge is 0.0954 e. The van der Waals surface area contributed by atoms with E-state index in [9.17, 15) is 0 Å². The van der Waals surface area contributed by atoms with E-state index in [-0.39, 0.29) is 0 Å². The molecule has 1 aromatic carbocycles. The fourth-order valence-corrected chi connectivity index (χ4v) is 2.53. The normalized spacial score (nSPS) is 12.9. The van der Waals surface area contributed by atoms with Crippen LogP contribution in [0.3, 0.4) is 0 Å². The number of hydrogen-bond acceptors (Lipinski definition) is 2. The first-order valence-corrected chi connectivity index (χ1v) is 6.91. The van der Waals surface area contributed by atoms with Crippen molar-refractivity contribution in [2.75, 3.05) is 6.54 Å². The summed E-state index contributed by atoms with van der Waals surface area (Å²) in [4.78, 5) is 4.32. The van der Waals surface area contributed by atoms with E-state index in [1.54, 1.807) is 0 Å². The van der Waals surface area contributed by atoms with Crippen LogP contribution in [0.15, 0.2) is 36.8 Å². The Bertz CT molecular complexity index is 528. The Hall–Kier alpha value is -1.61. The van der Waals surface area contributed by atoms with Crippen molar-refractivity contribution in [2.45, 2.75) is 33.2 Å². The van der Waals surface area contributed by atoms with E-state index < -0.39 is 0 Å². The summed E-state index contributed by atoms with van der Waals surface area (Å²) in [7, 11) is 0. The second-order valence-corrected chi connectivity index (χ2v) is 5.52. The maximum atomic E-state index is 5.95. The van der Waals surface area contributed by atoms with Gasteiger partial charge in [0, 0.05) is 18.2 Å². The van der Waals surface area contributed by atoms with Crippen molar-refractivity contribution < 1.29 is 0 Å². The fourth-order valence-electron chi connectivity index (χ4n) is 2.53. The monoisotopic (exact) mass is 257 g/mol. The second kappa shape index (κ2) is 6.02. The van der Waals surface area contributed by atoms with Crippen molar-refractivity contribution in [2.24, 2.45) is 11.7 Å². The van der Waals surface area contributed by atoms with Gasteiger partial charge in [0.05, 0.1) is 18.2 Å². The maximum Gasteiger partial charge on any atom is 0.0954 e. The van der Waals surface area contributed by atoms with Crippen molar-refractivity contribution in [3.8, 4) is 11.3 Å². The highest BCUT2D eigenvalue weighted by atomic mass is 15.1. The molecule has 2 aromatic rings. The summed E-state index contributed by atoms with van der Waals surface area (Å²) in [5.74, 6) is 0.626.